The van der Waals surface area contributed by atoms with E-state index in [1.807, 2.05) is 12.2 Å². The fraction of sp³-hybridized carbons (Fsp3) is 0.167. The molecule has 0 N–H and O–H groups in total. The maximum absolute atomic E-state index is 4.68. The Labute approximate surface area is 43.3 Å². The first-order chi connectivity index (χ1) is 3.50. The lowest BCUT2D eigenvalue weighted by Crippen LogP contribution is -1.65. The molecule has 0 atom stereocenters. The molecule has 0 aromatic carbocycles. The Hall–Kier alpha value is -0.720. The first kappa shape index (κ1) is 4.44. The van der Waals surface area contributed by atoms with Gasteiger partial charge >= 0.3 is 0 Å². The molecule has 0 bridgehead atoms. The summed E-state index contributed by atoms with van der Waals surface area (Å²) in [4.78, 5) is 0. The fourth-order valence-corrected chi connectivity index (χ4v) is 0.377. The van der Waals surface area contributed by atoms with Gasteiger partial charge in [0, 0.05) is 0 Å². The van der Waals surface area contributed by atoms with E-state index in [0.717, 1.165) is 6.42 Å². The van der Waals surface area contributed by atoms with Crippen molar-refractivity contribution >= 4 is 0 Å². The maximum Gasteiger partial charge on any atom is 0.221 e. The molecule has 0 saturated heterocycles. The van der Waals surface area contributed by atoms with Crippen LogP contribution in [0.15, 0.2) is 24.5 Å². The number of allylic oxidation sites excluding steroid dienone is 2. The standard InChI is InChI=1S/C6H6O/c1-2-4-6-7-5-3-1/h1,3-4,6H,2H2. The quantitative estimate of drug-likeness (QED) is 0.442. The smallest absolute Gasteiger partial charge is 0.221 e. The van der Waals surface area contributed by atoms with Crippen LogP contribution < -0.4 is 0 Å². The molecule has 0 amide bonds. The first-order valence-corrected chi connectivity index (χ1v) is 2.21. The Morgan fingerprint density at radius 2 is 2.43 bits per heavy atom. The lowest BCUT2D eigenvalue weighted by atomic mass is 10.4. The summed E-state index contributed by atoms with van der Waals surface area (Å²) in [6.45, 7) is 2.58. The van der Waals surface area contributed by atoms with Crippen LogP contribution in [0.5, 0.6) is 0 Å². The zero-order valence-corrected chi connectivity index (χ0v) is 3.92. The van der Waals surface area contributed by atoms with E-state index < -0.39 is 0 Å². The van der Waals surface area contributed by atoms with E-state index in [0.29, 0.717) is 0 Å². The Balaban J connectivity index is 2.38. The lowest BCUT2D eigenvalue weighted by molar-refractivity contribution is 0.358. The van der Waals surface area contributed by atoms with Crippen LogP contribution in [0.3, 0.4) is 0 Å². The van der Waals surface area contributed by atoms with Gasteiger partial charge in [-0.1, -0.05) is 6.08 Å². The zero-order valence-electron chi connectivity index (χ0n) is 3.92. The Morgan fingerprint density at radius 1 is 1.43 bits per heavy atom. The molecule has 1 nitrogen and oxygen atoms in total. The fourth-order valence-electron chi connectivity index (χ4n) is 0.377. The molecule has 0 aliphatic carbocycles. The van der Waals surface area contributed by atoms with Gasteiger partial charge in [0.2, 0.25) is 6.61 Å². The van der Waals surface area contributed by atoms with Gasteiger partial charge in [-0.2, -0.15) is 0 Å². The van der Waals surface area contributed by atoms with Gasteiger partial charge in [-0.3, -0.25) is 0 Å². The van der Waals surface area contributed by atoms with Gasteiger partial charge in [0.05, 0.1) is 6.26 Å². The Morgan fingerprint density at radius 3 is 3.43 bits per heavy atom. The van der Waals surface area contributed by atoms with Crippen molar-refractivity contribution in [3.05, 3.63) is 31.1 Å². The molecule has 0 aromatic rings. The van der Waals surface area contributed by atoms with Crippen LogP contribution in [-0.4, -0.2) is 0 Å². The minimum Gasteiger partial charge on any atom is -0.482 e. The first-order valence-electron chi connectivity index (χ1n) is 2.21. The van der Waals surface area contributed by atoms with Gasteiger partial charge in [-0.25, -0.2) is 0 Å². The van der Waals surface area contributed by atoms with Crippen LogP contribution in [0.4, 0.5) is 0 Å². The molecule has 36 valence electrons. The second kappa shape index (κ2) is 2.45. The summed E-state index contributed by atoms with van der Waals surface area (Å²) in [5.41, 5.74) is 0. The summed E-state index contributed by atoms with van der Waals surface area (Å²) in [6, 6.07) is 0. The topological polar surface area (TPSA) is 9.23 Å². The monoisotopic (exact) mass is 94.0 g/mol. The summed E-state index contributed by atoms with van der Waals surface area (Å²) in [7, 11) is 0. The van der Waals surface area contributed by atoms with E-state index in [1.54, 1.807) is 12.3 Å². The molecule has 1 heterocycles. The number of ether oxygens (including phenoxy) is 1. The van der Waals surface area contributed by atoms with Gasteiger partial charge in [-0.15, -0.1) is 0 Å². The largest absolute Gasteiger partial charge is 0.482 e. The third-order valence-electron chi connectivity index (χ3n) is 0.690. The van der Waals surface area contributed by atoms with Gasteiger partial charge in [0.25, 0.3) is 0 Å². The molecule has 2 radical (unpaired) electrons. The van der Waals surface area contributed by atoms with Crippen LogP contribution in [0.1, 0.15) is 6.42 Å². The second-order valence-electron chi connectivity index (χ2n) is 1.25. The molecule has 0 fully saturated rings. The third-order valence-corrected chi connectivity index (χ3v) is 0.690. The highest BCUT2D eigenvalue weighted by atomic mass is 16.5. The minimum atomic E-state index is 0.951. The van der Waals surface area contributed by atoms with E-state index >= 15 is 0 Å². The molecule has 0 spiro atoms. The van der Waals surface area contributed by atoms with Crippen molar-refractivity contribution < 1.29 is 4.74 Å². The van der Waals surface area contributed by atoms with Gasteiger partial charge in [0.1, 0.15) is 0 Å². The predicted octanol–water partition coefficient (Wildman–Crippen LogP) is 1.52. The van der Waals surface area contributed by atoms with Crippen molar-refractivity contribution in [3.63, 3.8) is 0 Å². The van der Waals surface area contributed by atoms with E-state index in [1.165, 1.54) is 0 Å². The van der Waals surface area contributed by atoms with E-state index in [-0.39, 0.29) is 0 Å². The minimum absolute atomic E-state index is 0.951. The second-order valence-corrected chi connectivity index (χ2v) is 1.25. The van der Waals surface area contributed by atoms with Crippen molar-refractivity contribution in [2.45, 2.75) is 6.42 Å². The van der Waals surface area contributed by atoms with Crippen LogP contribution >= 0.6 is 0 Å². The molecule has 0 aromatic heterocycles. The molecule has 1 rings (SSSR count). The van der Waals surface area contributed by atoms with Crippen molar-refractivity contribution in [1.29, 1.82) is 0 Å². The number of hydrogen-bond acceptors (Lipinski definition) is 1. The highest BCUT2D eigenvalue weighted by molar-refractivity contribution is 4.98. The van der Waals surface area contributed by atoms with E-state index in [2.05, 4.69) is 11.3 Å². The van der Waals surface area contributed by atoms with E-state index in [4.69, 9.17) is 0 Å². The highest BCUT2D eigenvalue weighted by Gasteiger charge is 1.81. The molecule has 1 aliphatic heterocycles. The van der Waals surface area contributed by atoms with Gasteiger partial charge in [0.15, 0.2) is 0 Å². The summed E-state index contributed by atoms with van der Waals surface area (Å²) in [5, 5.41) is 0. The summed E-state index contributed by atoms with van der Waals surface area (Å²) >= 11 is 0. The van der Waals surface area contributed by atoms with Crippen molar-refractivity contribution in [1.82, 2.24) is 0 Å². The van der Waals surface area contributed by atoms with Crippen LogP contribution in [-0.2, 0) is 4.74 Å². The van der Waals surface area contributed by atoms with Crippen molar-refractivity contribution in [2.24, 2.45) is 0 Å². The molecule has 7 heavy (non-hydrogen) atoms. The SMILES string of the molecule is [C]1C=CCC=CO1. The Kier molecular flexibility index (Phi) is 1.56. The molecule has 1 aliphatic rings. The maximum atomic E-state index is 4.68. The normalized spacial score (nSPS) is 18.3. The predicted molar refractivity (Wildman–Crippen MR) is 27.2 cm³/mol. The average molecular weight is 94.1 g/mol. The van der Waals surface area contributed by atoms with Crippen molar-refractivity contribution in [3.8, 4) is 0 Å². The number of rotatable bonds is 0. The summed E-state index contributed by atoms with van der Waals surface area (Å²) in [6.07, 6.45) is 8.24. The highest BCUT2D eigenvalue weighted by Crippen LogP contribution is 1.95. The zero-order chi connectivity index (χ0) is 4.95. The van der Waals surface area contributed by atoms with Crippen molar-refractivity contribution in [2.75, 3.05) is 0 Å². The summed E-state index contributed by atoms with van der Waals surface area (Å²) in [5.74, 6) is 0. The molecule has 0 saturated carbocycles. The van der Waals surface area contributed by atoms with Crippen LogP contribution in [0.25, 0.3) is 0 Å². The van der Waals surface area contributed by atoms with E-state index in [9.17, 15) is 0 Å². The third kappa shape index (κ3) is 1.44. The lowest BCUT2D eigenvalue weighted by Gasteiger charge is -1.83. The molecule has 1 heteroatoms. The summed E-state index contributed by atoms with van der Waals surface area (Å²) < 4.78 is 4.68. The van der Waals surface area contributed by atoms with Gasteiger partial charge in [-0.05, 0) is 18.6 Å². The van der Waals surface area contributed by atoms with Crippen LogP contribution in [0, 0.1) is 6.61 Å². The molecule has 0 unspecified atom stereocenters. The molecular formula is C6H6O. The Bertz CT molecular complexity index is 80.4. The molecular weight excluding hydrogens is 88.1 g/mol. The number of hydrogen-bond donors (Lipinski definition) is 0. The van der Waals surface area contributed by atoms with Gasteiger partial charge < -0.3 is 4.74 Å². The van der Waals surface area contributed by atoms with Crippen LogP contribution in [0.2, 0.25) is 0 Å². The average Bonchev–Trinajstić information content (AvgIpc) is 1.90.